The van der Waals surface area contributed by atoms with Crippen LogP contribution >= 0.6 is 15.9 Å². The molecular weight excluding hydrogens is 382 g/mol. The van der Waals surface area contributed by atoms with Gasteiger partial charge in [-0.2, -0.15) is 0 Å². The number of halogens is 1. The number of hydrogen-bond acceptors (Lipinski definition) is 5. The lowest BCUT2D eigenvalue weighted by Gasteiger charge is -2.29. The monoisotopic (exact) mass is 403 g/mol. The molecule has 0 radical (unpaired) electrons. The van der Waals surface area contributed by atoms with Crippen LogP contribution in [0.5, 0.6) is 5.88 Å². The van der Waals surface area contributed by atoms with Crippen LogP contribution in [0.1, 0.15) is 25.7 Å². The smallest absolute Gasteiger partial charge is 0.238 e. The summed E-state index contributed by atoms with van der Waals surface area (Å²) in [5, 5.41) is -0.277. The number of rotatable bonds is 6. The third kappa shape index (κ3) is 4.58. The molecule has 1 aromatic rings. The summed E-state index contributed by atoms with van der Waals surface area (Å²) < 4.78 is 33.5. The molecule has 0 bridgehead atoms. The fourth-order valence-electron chi connectivity index (χ4n) is 2.84. The van der Waals surface area contributed by atoms with Gasteiger partial charge in [-0.25, -0.2) is 13.4 Å². The van der Waals surface area contributed by atoms with Crippen molar-refractivity contribution in [3.05, 3.63) is 16.7 Å². The van der Waals surface area contributed by atoms with Gasteiger partial charge in [0.15, 0.2) is 0 Å². The normalized spacial score (nSPS) is 22.8. The summed E-state index contributed by atoms with van der Waals surface area (Å²) in [5.74, 6) is 0.803. The van der Waals surface area contributed by atoms with E-state index in [1.165, 1.54) is 6.42 Å². The third-order valence-corrected chi connectivity index (χ3v) is 6.50. The molecule has 1 saturated heterocycles. The van der Waals surface area contributed by atoms with Gasteiger partial charge in [0, 0.05) is 23.1 Å². The molecule has 0 aromatic carbocycles. The van der Waals surface area contributed by atoms with Gasteiger partial charge < -0.3 is 9.64 Å². The maximum Gasteiger partial charge on any atom is 0.238 e. The number of anilines is 1. The van der Waals surface area contributed by atoms with Crippen molar-refractivity contribution in [3.8, 4) is 5.88 Å². The van der Waals surface area contributed by atoms with Gasteiger partial charge in [-0.3, -0.25) is 4.72 Å². The second-order valence-electron chi connectivity index (χ2n) is 6.43. The van der Waals surface area contributed by atoms with E-state index < -0.39 is 10.0 Å². The Hall–Kier alpha value is -0.860. The summed E-state index contributed by atoms with van der Waals surface area (Å²) in [5.41, 5.74) is 0.412. The number of piperidine rings is 1. The van der Waals surface area contributed by atoms with Crippen molar-refractivity contribution in [1.29, 1.82) is 0 Å². The molecule has 1 aromatic heterocycles. The second-order valence-corrected chi connectivity index (χ2v) is 9.31. The van der Waals surface area contributed by atoms with Crippen molar-refractivity contribution >= 4 is 31.6 Å². The van der Waals surface area contributed by atoms with Crippen molar-refractivity contribution in [1.82, 2.24) is 9.88 Å². The zero-order valence-electron chi connectivity index (χ0n) is 13.2. The number of likely N-dealkylation sites (tertiary alicyclic amines) is 1. The molecule has 2 heterocycles. The Morgan fingerprint density at radius 2 is 2.22 bits per heavy atom. The number of hydrogen-bond donors (Lipinski definition) is 1. The van der Waals surface area contributed by atoms with Crippen LogP contribution in [0.15, 0.2) is 16.7 Å². The molecule has 2 fully saturated rings. The van der Waals surface area contributed by atoms with Gasteiger partial charge >= 0.3 is 0 Å². The van der Waals surface area contributed by atoms with Gasteiger partial charge in [0.25, 0.3) is 0 Å². The molecule has 1 saturated carbocycles. The van der Waals surface area contributed by atoms with E-state index in [0.29, 0.717) is 24.1 Å². The van der Waals surface area contributed by atoms with E-state index >= 15 is 0 Å². The van der Waals surface area contributed by atoms with Crippen LogP contribution in [0.25, 0.3) is 0 Å². The zero-order valence-corrected chi connectivity index (χ0v) is 15.6. The average molecular weight is 404 g/mol. The Morgan fingerprint density at radius 1 is 1.43 bits per heavy atom. The van der Waals surface area contributed by atoms with Crippen LogP contribution < -0.4 is 9.46 Å². The first-order valence-corrected chi connectivity index (χ1v) is 10.3. The molecular formula is C15H22BrN3O3S. The van der Waals surface area contributed by atoms with Crippen LogP contribution in [0.4, 0.5) is 5.69 Å². The van der Waals surface area contributed by atoms with Crippen LogP contribution in [0.3, 0.4) is 0 Å². The Balaban J connectivity index is 1.68. The number of nitrogens with zero attached hydrogens (tertiary/aromatic N) is 2. The zero-order chi connectivity index (χ0) is 16.4. The summed E-state index contributed by atoms with van der Waals surface area (Å²) in [6, 6.07) is 1.70. The average Bonchev–Trinajstić information content (AvgIpc) is 3.31. The highest BCUT2D eigenvalue weighted by atomic mass is 79.9. The predicted octanol–water partition coefficient (Wildman–Crippen LogP) is 2.47. The Morgan fingerprint density at radius 3 is 2.91 bits per heavy atom. The molecule has 6 nitrogen and oxygen atoms in total. The summed E-state index contributed by atoms with van der Waals surface area (Å²) in [4.78, 5) is 6.53. The van der Waals surface area contributed by atoms with Crippen LogP contribution in [-0.2, 0) is 10.0 Å². The van der Waals surface area contributed by atoms with Gasteiger partial charge in [-0.15, -0.1) is 0 Å². The molecule has 1 unspecified atom stereocenters. The molecule has 1 aliphatic heterocycles. The van der Waals surface area contributed by atoms with E-state index in [2.05, 4.69) is 37.6 Å². The first-order chi connectivity index (χ1) is 10.9. The van der Waals surface area contributed by atoms with E-state index in [4.69, 9.17) is 4.74 Å². The molecule has 1 N–H and O–H groups in total. The van der Waals surface area contributed by atoms with Crippen LogP contribution in [-0.4, -0.2) is 50.3 Å². The Bertz CT molecular complexity index is 664. The van der Waals surface area contributed by atoms with Gasteiger partial charge in [0.2, 0.25) is 15.9 Å². The fraction of sp³-hybridized carbons (Fsp3) is 0.667. The minimum atomic E-state index is -3.33. The molecule has 1 atom stereocenters. The molecule has 8 heteroatoms. The van der Waals surface area contributed by atoms with Gasteiger partial charge in [-0.05, 0) is 61.3 Å². The summed E-state index contributed by atoms with van der Waals surface area (Å²) >= 11 is 3.33. The Kier molecular flexibility index (Phi) is 5.13. The van der Waals surface area contributed by atoms with Crippen molar-refractivity contribution in [2.24, 2.45) is 5.92 Å². The minimum Gasteiger partial charge on any atom is -0.476 e. The standard InChI is InChI=1S/C15H22BrN3O3S/c1-19-6-2-3-11(9-19)10-22-15-14(7-12(16)8-17-15)18-23(20,21)13-4-5-13/h7-8,11,13,18H,2-6,9-10H2,1H3. The minimum absolute atomic E-state index is 0.277. The number of nitrogens with one attached hydrogen (secondary N) is 1. The summed E-state index contributed by atoms with van der Waals surface area (Å²) in [6.07, 6.45) is 5.36. The lowest BCUT2D eigenvalue weighted by molar-refractivity contribution is 0.148. The van der Waals surface area contributed by atoms with Gasteiger partial charge in [-0.1, -0.05) is 0 Å². The van der Waals surface area contributed by atoms with Gasteiger partial charge in [0.05, 0.1) is 11.9 Å². The van der Waals surface area contributed by atoms with E-state index in [9.17, 15) is 8.42 Å². The maximum absolute atomic E-state index is 12.2. The number of aromatic nitrogens is 1. The van der Waals surface area contributed by atoms with Crippen molar-refractivity contribution in [3.63, 3.8) is 0 Å². The highest BCUT2D eigenvalue weighted by Crippen LogP contribution is 2.33. The quantitative estimate of drug-likeness (QED) is 0.789. The van der Waals surface area contributed by atoms with E-state index in [0.717, 1.165) is 36.8 Å². The van der Waals surface area contributed by atoms with Gasteiger partial charge in [0.1, 0.15) is 5.69 Å². The third-order valence-electron chi connectivity index (χ3n) is 4.21. The number of sulfonamides is 1. The Labute approximate surface area is 145 Å². The number of ether oxygens (including phenoxy) is 1. The van der Waals surface area contributed by atoms with Crippen molar-refractivity contribution < 1.29 is 13.2 Å². The molecule has 0 amide bonds. The highest BCUT2D eigenvalue weighted by Gasteiger charge is 2.36. The van der Waals surface area contributed by atoms with Crippen molar-refractivity contribution in [2.45, 2.75) is 30.9 Å². The van der Waals surface area contributed by atoms with E-state index in [1.807, 2.05) is 0 Å². The fourth-order valence-corrected chi connectivity index (χ4v) is 4.54. The predicted molar refractivity (Wildman–Crippen MR) is 93.2 cm³/mol. The first-order valence-electron chi connectivity index (χ1n) is 7.92. The van der Waals surface area contributed by atoms with Crippen LogP contribution in [0.2, 0.25) is 0 Å². The first kappa shape index (κ1) is 17.0. The second kappa shape index (κ2) is 6.94. The molecule has 1 aliphatic carbocycles. The molecule has 0 spiro atoms. The highest BCUT2D eigenvalue weighted by molar-refractivity contribution is 9.10. The van der Waals surface area contributed by atoms with E-state index in [-0.39, 0.29) is 5.25 Å². The lowest BCUT2D eigenvalue weighted by Crippen LogP contribution is -2.35. The summed E-state index contributed by atoms with van der Waals surface area (Å²) in [7, 11) is -1.22. The molecule has 23 heavy (non-hydrogen) atoms. The van der Waals surface area contributed by atoms with Crippen LogP contribution in [0, 0.1) is 5.92 Å². The largest absolute Gasteiger partial charge is 0.476 e. The molecule has 128 valence electrons. The topological polar surface area (TPSA) is 71.5 Å². The molecule has 3 rings (SSSR count). The number of pyridine rings is 1. The maximum atomic E-state index is 12.2. The van der Waals surface area contributed by atoms with E-state index in [1.54, 1.807) is 12.3 Å². The summed E-state index contributed by atoms with van der Waals surface area (Å²) in [6.45, 7) is 2.68. The lowest BCUT2D eigenvalue weighted by atomic mass is 10.00. The van der Waals surface area contributed by atoms with Crippen molar-refractivity contribution in [2.75, 3.05) is 31.5 Å². The molecule has 2 aliphatic rings. The SMILES string of the molecule is CN1CCCC(COc2ncc(Br)cc2NS(=O)(=O)C2CC2)C1.